The fourth-order valence-corrected chi connectivity index (χ4v) is 1.93. The van der Waals surface area contributed by atoms with Crippen LogP contribution in [0.5, 0.6) is 0 Å². The van der Waals surface area contributed by atoms with Crippen molar-refractivity contribution in [2.24, 2.45) is 0 Å². The molecule has 1 saturated heterocycles. The van der Waals surface area contributed by atoms with E-state index in [1.807, 2.05) is 0 Å². The van der Waals surface area contributed by atoms with E-state index < -0.39 is 24.0 Å². The zero-order valence-electron chi connectivity index (χ0n) is 10.1. The zero-order valence-corrected chi connectivity index (χ0v) is 11.6. The van der Waals surface area contributed by atoms with Gasteiger partial charge in [0.2, 0.25) is 0 Å². The number of anilines is 1. The van der Waals surface area contributed by atoms with Crippen LogP contribution in [0.25, 0.3) is 0 Å². The lowest BCUT2D eigenvalue weighted by Gasteiger charge is -2.13. The summed E-state index contributed by atoms with van der Waals surface area (Å²) in [6, 6.07) is 4.35. The summed E-state index contributed by atoms with van der Waals surface area (Å²) in [5.74, 6) is -0.905. The molecule has 5 nitrogen and oxygen atoms in total. The fourth-order valence-electron chi connectivity index (χ4n) is 1.68. The molecule has 19 heavy (non-hydrogen) atoms. The number of nitrogens with zero attached hydrogens (tertiary/aromatic N) is 1. The summed E-state index contributed by atoms with van der Waals surface area (Å²) in [6.07, 6.45) is -1.12. The number of halogens is 2. The summed E-state index contributed by atoms with van der Waals surface area (Å²) in [4.78, 5) is 23.6. The van der Waals surface area contributed by atoms with Crippen molar-refractivity contribution in [3.05, 3.63) is 28.5 Å². The lowest BCUT2D eigenvalue weighted by molar-refractivity contribution is -0.143. The number of ether oxygens (including phenoxy) is 2. The van der Waals surface area contributed by atoms with Crippen LogP contribution in [0, 0.1) is 5.82 Å². The Hall–Kier alpha value is -1.63. The van der Waals surface area contributed by atoms with Crippen LogP contribution in [0.4, 0.5) is 14.9 Å². The van der Waals surface area contributed by atoms with Crippen LogP contribution in [-0.2, 0) is 14.3 Å². The van der Waals surface area contributed by atoms with E-state index in [1.54, 1.807) is 6.07 Å². The van der Waals surface area contributed by atoms with Gasteiger partial charge in [-0.25, -0.2) is 9.18 Å². The van der Waals surface area contributed by atoms with Gasteiger partial charge in [0.1, 0.15) is 12.4 Å². The van der Waals surface area contributed by atoms with Gasteiger partial charge >= 0.3 is 12.1 Å². The first-order chi connectivity index (χ1) is 8.97. The molecule has 1 fully saturated rings. The number of rotatable bonds is 3. The Morgan fingerprint density at radius 3 is 3.00 bits per heavy atom. The van der Waals surface area contributed by atoms with Gasteiger partial charge in [0.25, 0.3) is 0 Å². The first kappa shape index (κ1) is 13.8. The van der Waals surface area contributed by atoms with Crippen molar-refractivity contribution in [2.45, 2.75) is 13.0 Å². The Labute approximate surface area is 117 Å². The standard InChI is InChI=1S/C12H11BrFNO4/c1-7(16)18-6-9-5-15(12(17)19-9)8-2-3-10(13)11(14)4-8/h2-4,9H,5-6H2,1H3. The average molecular weight is 332 g/mol. The molecule has 0 aromatic heterocycles. The second-order valence-corrected chi connectivity index (χ2v) is 4.87. The smallest absolute Gasteiger partial charge is 0.414 e. The molecule has 0 saturated carbocycles. The molecule has 1 aliphatic heterocycles. The average Bonchev–Trinajstić information content (AvgIpc) is 2.72. The minimum atomic E-state index is -0.584. The van der Waals surface area contributed by atoms with Crippen LogP contribution in [0.3, 0.4) is 0 Å². The lowest BCUT2D eigenvalue weighted by Crippen LogP contribution is -2.26. The quantitative estimate of drug-likeness (QED) is 0.798. The first-order valence-corrected chi connectivity index (χ1v) is 6.33. The minimum absolute atomic E-state index is 0.00339. The van der Waals surface area contributed by atoms with Gasteiger partial charge in [0.05, 0.1) is 16.7 Å². The minimum Gasteiger partial charge on any atom is -0.462 e. The van der Waals surface area contributed by atoms with Crippen LogP contribution in [0.1, 0.15) is 6.92 Å². The zero-order chi connectivity index (χ0) is 14.0. The molecule has 102 valence electrons. The third-order valence-corrected chi connectivity index (χ3v) is 3.20. The van der Waals surface area contributed by atoms with Gasteiger partial charge in [0, 0.05) is 6.92 Å². The van der Waals surface area contributed by atoms with Crippen molar-refractivity contribution in [3.63, 3.8) is 0 Å². The summed E-state index contributed by atoms with van der Waals surface area (Å²) in [7, 11) is 0. The molecule has 1 amide bonds. The molecule has 7 heteroatoms. The van der Waals surface area contributed by atoms with Crippen molar-refractivity contribution in [3.8, 4) is 0 Å². The predicted octanol–water partition coefficient (Wildman–Crippen LogP) is 2.48. The summed E-state index contributed by atoms with van der Waals surface area (Å²) in [6.45, 7) is 1.49. The van der Waals surface area contributed by atoms with E-state index in [0.29, 0.717) is 10.2 Å². The molecule has 0 spiro atoms. The van der Waals surface area contributed by atoms with Crippen LogP contribution in [0.2, 0.25) is 0 Å². The summed E-state index contributed by atoms with van der Waals surface area (Å²) >= 11 is 3.04. The van der Waals surface area contributed by atoms with E-state index in [1.165, 1.54) is 24.0 Å². The lowest BCUT2D eigenvalue weighted by atomic mass is 10.2. The van der Waals surface area contributed by atoms with Gasteiger partial charge in [0.15, 0.2) is 6.10 Å². The van der Waals surface area contributed by atoms with E-state index in [2.05, 4.69) is 15.9 Å². The molecular formula is C12H11BrFNO4. The van der Waals surface area contributed by atoms with E-state index in [-0.39, 0.29) is 13.2 Å². The van der Waals surface area contributed by atoms with Crippen LogP contribution in [-0.4, -0.2) is 31.3 Å². The van der Waals surface area contributed by atoms with Crippen molar-refractivity contribution in [2.75, 3.05) is 18.1 Å². The second kappa shape index (κ2) is 5.56. The predicted molar refractivity (Wildman–Crippen MR) is 68.3 cm³/mol. The normalized spacial score (nSPS) is 18.4. The molecule has 2 rings (SSSR count). The van der Waals surface area contributed by atoms with Gasteiger partial charge < -0.3 is 9.47 Å². The Balaban J connectivity index is 2.07. The highest BCUT2D eigenvalue weighted by atomic mass is 79.9. The van der Waals surface area contributed by atoms with E-state index in [9.17, 15) is 14.0 Å². The Morgan fingerprint density at radius 2 is 2.37 bits per heavy atom. The second-order valence-electron chi connectivity index (χ2n) is 4.02. The molecule has 0 aliphatic carbocycles. The number of cyclic esters (lactones) is 1. The number of carbonyl (C=O) groups excluding carboxylic acids is 2. The highest BCUT2D eigenvalue weighted by Crippen LogP contribution is 2.26. The molecule has 1 aromatic carbocycles. The van der Waals surface area contributed by atoms with Crippen molar-refractivity contribution >= 4 is 33.7 Å². The van der Waals surface area contributed by atoms with E-state index in [0.717, 1.165) is 0 Å². The van der Waals surface area contributed by atoms with E-state index in [4.69, 9.17) is 9.47 Å². The molecule has 0 bridgehead atoms. The van der Waals surface area contributed by atoms with Crippen molar-refractivity contribution in [1.82, 2.24) is 0 Å². The number of carbonyl (C=O) groups is 2. The van der Waals surface area contributed by atoms with Crippen LogP contribution in [0.15, 0.2) is 22.7 Å². The Kier molecular flexibility index (Phi) is 4.04. The monoisotopic (exact) mass is 331 g/mol. The van der Waals surface area contributed by atoms with Gasteiger partial charge in [-0.1, -0.05) is 0 Å². The third-order valence-electron chi connectivity index (χ3n) is 2.56. The number of amides is 1. The maximum Gasteiger partial charge on any atom is 0.414 e. The van der Waals surface area contributed by atoms with Crippen molar-refractivity contribution in [1.29, 1.82) is 0 Å². The number of benzene rings is 1. The van der Waals surface area contributed by atoms with Gasteiger partial charge in [-0.05, 0) is 34.1 Å². The van der Waals surface area contributed by atoms with Crippen LogP contribution < -0.4 is 4.90 Å². The van der Waals surface area contributed by atoms with Gasteiger partial charge in [-0.2, -0.15) is 0 Å². The maximum atomic E-state index is 13.4. The molecule has 1 aromatic rings. The third kappa shape index (κ3) is 3.23. The molecule has 0 radical (unpaired) electrons. The van der Waals surface area contributed by atoms with Crippen LogP contribution >= 0.6 is 15.9 Å². The SMILES string of the molecule is CC(=O)OCC1CN(c2ccc(Br)c(F)c2)C(=O)O1. The fraction of sp³-hybridized carbons (Fsp3) is 0.333. The first-order valence-electron chi connectivity index (χ1n) is 5.54. The molecule has 1 heterocycles. The molecule has 1 unspecified atom stereocenters. The Bertz CT molecular complexity index is 522. The molecule has 1 aliphatic rings. The van der Waals surface area contributed by atoms with Gasteiger partial charge in [-0.15, -0.1) is 0 Å². The van der Waals surface area contributed by atoms with Crippen molar-refractivity contribution < 1.29 is 23.5 Å². The largest absolute Gasteiger partial charge is 0.462 e. The van der Waals surface area contributed by atoms with E-state index >= 15 is 0 Å². The maximum absolute atomic E-state index is 13.4. The number of hydrogen-bond donors (Lipinski definition) is 0. The summed E-state index contributed by atoms with van der Waals surface area (Å²) < 4.78 is 23.5. The highest BCUT2D eigenvalue weighted by molar-refractivity contribution is 9.10. The topological polar surface area (TPSA) is 55.8 Å². The summed E-state index contributed by atoms with van der Waals surface area (Å²) in [5, 5.41) is 0. The van der Waals surface area contributed by atoms with Gasteiger partial charge in [-0.3, -0.25) is 9.69 Å². The molecule has 0 N–H and O–H groups in total. The highest BCUT2D eigenvalue weighted by Gasteiger charge is 2.33. The molecule has 1 atom stereocenters. The number of esters is 1. The Morgan fingerprint density at radius 1 is 1.63 bits per heavy atom. The number of hydrogen-bond acceptors (Lipinski definition) is 4. The molecular weight excluding hydrogens is 321 g/mol. The summed E-state index contributed by atoms with van der Waals surface area (Å²) in [5.41, 5.74) is 0.399.